The highest BCUT2D eigenvalue weighted by Gasteiger charge is 2.11. The van der Waals surface area contributed by atoms with Gasteiger partial charge in [-0.05, 0) is 29.7 Å². The average molecular weight is 270 g/mol. The van der Waals surface area contributed by atoms with Gasteiger partial charge in [-0.1, -0.05) is 18.2 Å². The molecule has 0 bridgehead atoms. The Morgan fingerprint density at radius 2 is 2.11 bits per heavy atom. The zero-order valence-corrected chi connectivity index (χ0v) is 10.6. The van der Waals surface area contributed by atoms with Crippen molar-refractivity contribution in [2.45, 2.75) is 0 Å². The van der Waals surface area contributed by atoms with E-state index in [4.69, 9.17) is 5.26 Å². The van der Waals surface area contributed by atoms with E-state index in [1.165, 1.54) is 23.5 Å². The fourth-order valence-corrected chi connectivity index (χ4v) is 2.09. The molecule has 4 nitrogen and oxygen atoms in total. The van der Waals surface area contributed by atoms with Crippen LogP contribution in [0.5, 0.6) is 5.75 Å². The number of hydrogen-bond acceptors (Lipinski definition) is 4. The number of hydrogen-bond donors (Lipinski definition) is 2. The number of carbonyl (C=O) groups excluding carboxylic acids is 1. The summed E-state index contributed by atoms with van der Waals surface area (Å²) in [4.78, 5) is 12.7. The second kappa shape index (κ2) is 5.85. The van der Waals surface area contributed by atoms with Crippen LogP contribution >= 0.6 is 11.3 Å². The van der Waals surface area contributed by atoms with Gasteiger partial charge in [0.05, 0.1) is 5.69 Å². The van der Waals surface area contributed by atoms with Gasteiger partial charge in [0, 0.05) is 4.88 Å². The van der Waals surface area contributed by atoms with Crippen molar-refractivity contribution < 1.29 is 9.90 Å². The third-order valence-electron chi connectivity index (χ3n) is 2.35. The van der Waals surface area contributed by atoms with E-state index in [0.29, 0.717) is 0 Å². The molecule has 0 fully saturated rings. The molecule has 0 aliphatic rings. The number of thiophene rings is 1. The van der Waals surface area contributed by atoms with E-state index in [-0.39, 0.29) is 17.0 Å². The highest BCUT2D eigenvalue weighted by molar-refractivity contribution is 7.10. The highest BCUT2D eigenvalue weighted by Crippen LogP contribution is 2.22. The fraction of sp³-hybridized carbons (Fsp3) is 0. The van der Waals surface area contributed by atoms with Gasteiger partial charge in [0.1, 0.15) is 17.4 Å². The molecule has 1 aromatic heterocycles. The molecule has 19 heavy (non-hydrogen) atoms. The van der Waals surface area contributed by atoms with Crippen LogP contribution in [0.4, 0.5) is 5.69 Å². The van der Waals surface area contributed by atoms with Gasteiger partial charge in [-0.15, -0.1) is 11.3 Å². The Labute approximate surface area is 114 Å². The molecule has 0 spiro atoms. The van der Waals surface area contributed by atoms with Gasteiger partial charge in [-0.2, -0.15) is 5.26 Å². The minimum absolute atomic E-state index is 0.00861. The summed E-state index contributed by atoms with van der Waals surface area (Å²) in [6.45, 7) is 0. The summed E-state index contributed by atoms with van der Waals surface area (Å²) in [5.41, 5.74) is 0.269. The number of amides is 1. The van der Waals surface area contributed by atoms with Crippen molar-refractivity contribution in [1.29, 1.82) is 5.26 Å². The Morgan fingerprint density at radius 3 is 2.74 bits per heavy atom. The number of aromatic hydroxyl groups is 1. The summed E-state index contributed by atoms with van der Waals surface area (Å²) in [6, 6.07) is 11.9. The van der Waals surface area contributed by atoms with Crippen molar-refractivity contribution in [1.82, 2.24) is 0 Å². The molecule has 2 rings (SSSR count). The van der Waals surface area contributed by atoms with Gasteiger partial charge in [0.15, 0.2) is 0 Å². The highest BCUT2D eigenvalue weighted by atomic mass is 32.1. The van der Waals surface area contributed by atoms with Crippen LogP contribution < -0.4 is 5.32 Å². The second-order valence-corrected chi connectivity index (χ2v) is 4.64. The standard InChI is InChI=1S/C14H10N2O2S/c15-9-10(8-11-4-3-7-19-11)14(18)16-12-5-1-2-6-13(12)17/h1-8,17H,(H,16,18). The average Bonchev–Trinajstić information content (AvgIpc) is 2.91. The van der Waals surface area contributed by atoms with E-state index in [0.717, 1.165) is 4.88 Å². The second-order valence-electron chi connectivity index (χ2n) is 3.66. The van der Waals surface area contributed by atoms with Crippen LogP contribution in [0.1, 0.15) is 4.88 Å². The lowest BCUT2D eigenvalue weighted by Crippen LogP contribution is -2.13. The fourth-order valence-electron chi connectivity index (χ4n) is 1.43. The molecule has 0 aliphatic heterocycles. The van der Waals surface area contributed by atoms with E-state index in [9.17, 15) is 9.90 Å². The number of rotatable bonds is 3. The summed E-state index contributed by atoms with van der Waals surface area (Å²) in [5, 5.41) is 22.9. The molecule has 2 aromatic rings. The van der Waals surface area contributed by atoms with E-state index in [2.05, 4.69) is 5.32 Å². The Morgan fingerprint density at radius 1 is 1.32 bits per heavy atom. The maximum absolute atomic E-state index is 11.9. The van der Waals surface area contributed by atoms with Crippen LogP contribution in [0.15, 0.2) is 47.4 Å². The monoisotopic (exact) mass is 270 g/mol. The molecule has 0 atom stereocenters. The molecular formula is C14H10N2O2S. The van der Waals surface area contributed by atoms with Crippen LogP contribution in [0.3, 0.4) is 0 Å². The summed E-state index contributed by atoms with van der Waals surface area (Å²) in [7, 11) is 0. The number of benzene rings is 1. The SMILES string of the molecule is N#CC(=Cc1cccs1)C(=O)Nc1ccccc1O. The van der Waals surface area contributed by atoms with Crippen LogP contribution in [0.2, 0.25) is 0 Å². The maximum Gasteiger partial charge on any atom is 0.266 e. The lowest BCUT2D eigenvalue weighted by atomic mass is 10.2. The summed E-state index contributed by atoms with van der Waals surface area (Å²) >= 11 is 1.44. The minimum atomic E-state index is -0.544. The molecule has 0 saturated heterocycles. The quantitative estimate of drug-likeness (QED) is 0.511. The van der Waals surface area contributed by atoms with E-state index in [1.807, 2.05) is 23.6 Å². The molecule has 1 heterocycles. The zero-order chi connectivity index (χ0) is 13.7. The predicted octanol–water partition coefficient (Wildman–Crippen LogP) is 3.00. The number of nitrogens with zero attached hydrogens (tertiary/aromatic N) is 1. The van der Waals surface area contributed by atoms with Crippen LogP contribution in [0.25, 0.3) is 6.08 Å². The van der Waals surface area contributed by atoms with Gasteiger partial charge >= 0.3 is 0 Å². The van der Waals surface area contributed by atoms with Gasteiger partial charge in [-0.3, -0.25) is 4.79 Å². The van der Waals surface area contributed by atoms with Gasteiger partial charge in [0.25, 0.3) is 5.91 Å². The van der Waals surface area contributed by atoms with Crippen LogP contribution in [-0.2, 0) is 4.79 Å². The van der Waals surface area contributed by atoms with Crippen molar-refractivity contribution in [2.24, 2.45) is 0 Å². The zero-order valence-electron chi connectivity index (χ0n) is 9.83. The topological polar surface area (TPSA) is 73.1 Å². The third kappa shape index (κ3) is 3.21. The normalized spacial score (nSPS) is 10.8. The van der Waals surface area contributed by atoms with Crippen molar-refractivity contribution in [3.8, 4) is 11.8 Å². The molecule has 0 unspecified atom stereocenters. The third-order valence-corrected chi connectivity index (χ3v) is 3.17. The number of carbonyl (C=O) groups is 1. The van der Waals surface area contributed by atoms with Crippen molar-refractivity contribution in [3.05, 3.63) is 52.2 Å². The molecule has 0 aliphatic carbocycles. The molecule has 0 radical (unpaired) electrons. The molecule has 94 valence electrons. The lowest BCUT2D eigenvalue weighted by Gasteiger charge is -2.05. The van der Waals surface area contributed by atoms with E-state index >= 15 is 0 Å². The molecule has 1 aromatic carbocycles. The molecular weight excluding hydrogens is 260 g/mol. The van der Waals surface area contributed by atoms with Gasteiger partial charge in [-0.25, -0.2) is 0 Å². The molecule has 2 N–H and O–H groups in total. The van der Waals surface area contributed by atoms with Gasteiger partial charge < -0.3 is 10.4 Å². The Hall–Kier alpha value is -2.58. The Bertz CT molecular complexity index is 654. The lowest BCUT2D eigenvalue weighted by molar-refractivity contribution is -0.112. The first-order valence-corrected chi connectivity index (χ1v) is 6.33. The van der Waals surface area contributed by atoms with Gasteiger partial charge in [0.2, 0.25) is 0 Å². The number of phenols is 1. The van der Waals surface area contributed by atoms with E-state index < -0.39 is 5.91 Å². The van der Waals surface area contributed by atoms with Crippen molar-refractivity contribution >= 4 is 29.0 Å². The smallest absolute Gasteiger partial charge is 0.266 e. The first-order valence-electron chi connectivity index (χ1n) is 5.45. The molecule has 0 saturated carbocycles. The molecule has 1 amide bonds. The maximum atomic E-state index is 11.9. The predicted molar refractivity (Wildman–Crippen MR) is 74.6 cm³/mol. The molecule has 5 heteroatoms. The van der Waals surface area contributed by atoms with Crippen molar-refractivity contribution in [3.63, 3.8) is 0 Å². The van der Waals surface area contributed by atoms with Crippen molar-refractivity contribution in [2.75, 3.05) is 5.32 Å². The summed E-state index contributed by atoms with van der Waals surface area (Å²) < 4.78 is 0. The first kappa shape index (κ1) is 12.9. The Balaban J connectivity index is 2.19. The first-order chi connectivity index (χ1) is 9.20. The number of para-hydroxylation sites is 2. The summed E-state index contributed by atoms with van der Waals surface area (Å²) in [5.74, 6) is -0.582. The number of nitriles is 1. The number of nitrogens with one attached hydrogen (secondary N) is 1. The van der Waals surface area contributed by atoms with E-state index in [1.54, 1.807) is 18.2 Å². The largest absolute Gasteiger partial charge is 0.506 e. The summed E-state index contributed by atoms with van der Waals surface area (Å²) in [6.07, 6.45) is 1.51. The van der Waals surface area contributed by atoms with Crippen LogP contribution in [0, 0.1) is 11.3 Å². The number of phenolic OH excluding ortho intramolecular Hbond substituents is 1. The van der Waals surface area contributed by atoms with Crippen LogP contribution in [-0.4, -0.2) is 11.0 Å². The Kier molecular flexibility index (Phi) is 3.96. The number of anilines is 1. The minimum Gasteiger partial charge on any atom is -0.506 e.